The maximum absolute atomic E-state index is 6.85. The molecule has 0 saturated carbocycles. The van der Waals surface area contributed by atoms with Crippen molar-refractivity contribution in [3.8, 4) is 0 Å². The summed E-state index contributed by atoms with van der Waals surface area (Å²) in [6, 6.07) is 31.6. The lowest BCUT2D eigenvalue weighted by molar-refractivity contribution is -0.0891. The molecule has 2 unspecified atom stereocenters. The first-order chi connectivity index (χ1) is 13.8. The van der Waals surface area contributed by atoms with E-state index in [0.29, 0.717) is 12.5 Å². The van der Waals surface area contributed by atoms with E-state index in [-0.39, 0.29) is 6.10 Å². The van der Waals surface area contributed by atoms with Gasteiger partial charge < -0.3 is 9.47 Å². The maximum atomic E-state index is 6.85. The Labute approximate surface area is 168 Å². The van der Waals surface area contributed by atoms with E-state index in [1.807, 2.05) is 0 Å². The highest BCUT2D eigenvalue weighted by Crippen LogP contribution is 2.41. The molecule has 144 valence electrons. The summed E-state index contributed by atoms with van der Waals surface area (Å²) in [5.41, 5.74) is 2.75. The Bertz CT molecular complexity index is 749. The van der Waals surface area contributed by atoms with Crippen LogP contribution in [0.1, 0.15) is 36.5 Å². The van der Waals surface area contributed by atoms with Gasteiger partial charge in [0.2, 0.25) is 0 Å². The highest BCUT2D eigenvalue weighted by Gasteiger charge is 2.38. The van der Waals surface area contributed by atoms with Gasteiger partial charge in [-0.15, -0.1) is 0 Å². The molecule has 2 atom stereocenters. The summed E-state index contributed by atoms with van der Waals surface area (Å²) in [6.07, 6.45) is 2.32. The van der Waals surface area contributed by atoms with Gasteiger partial charge in [0.1, 0.15) is 5.60 Å². The van der Waals surface area contributed by atoms with Gasteiger partial charge in [0.05, 0.1) is 12.7 Å². The minimum Gasteiger partial charge on any atom is -0.376 e. The fraction of sp³-hybridized carbons (Fsp3) is 0.308. The molecule has 0 aliphatic carbocycles. The summed E-state index contributed by atoms with van der Waals surface area (Å²) >= 11 is 0. The third kappa shape index (κ3) is 3.89. The molecule has 0 radical (unpaired) electrons. The molecule has 0 amide bonds. The van der Waals surface area contributed by atoms with E-state index in [1.165, 1.54) is 0 Å². The number of ether oxygens (including phenoxy) is 2. The third-order valence-electron chi connectivity index (χ3n) is 5.66. The molecule has 1 fully saturated rings. The van der Waals surface area contributed by atoms with Crippen molar-refractivity contribution >= 4 is 0 Å². The molecule has 0 aromatic heterocycles. The first-order valence-corrected chi connectivity index (χ1v) is 10.2. The number of benzene rings is 3. The summed E-state index contributed by atoms with van der Waals surface area (Å²) in [7, 11) is 0. The normalized spacial score (nSPS) is 20.0. The van der Waals surface area contributed by atoms with Gasteiger partial charge >= 0.3 is 0 Å². The molecule has 0 spiro atoms. The van der Waals surface area contributed by atoms with Crippen LogP contribution in [0, 0.1) is 5.92 Å². The van der Waals surface area contributed by atoms with Crippen molar-refractivity contribution in [3.63, 3.8) is 0 Å². The monoisotopic (exact) mass is 372 g/mol. The van der Waals surface area contributed by atoms with Gasteiger partial charge in [-0.2, -0.15) is 0 Å². The highest BCUT2D eigenvalue weighted by molar-refractivity contribution is 5.47. The van der Waals surface area contributed by atoms with Gasteiger partial charge in [-0.25, -0.2) is 0 Å². The smallest absolute Gasteiger partial charge is 0.143 e. The van der Waals surface area contributed by atoms with Crippen LogP contribution in [0.15, 0.2) is 91.0 Å². The molecule has 4 rings (SSSR count). The van der Waals surface area contributed by atoms with Crippen LogP contribution in [-0.4, -0.2) is 19.3 Å². The summed E-state index contributed by atoms with van der Waals surface area (Å²) in [5, 5.41) is 0. The molecule has 1 saturated heterocycles. The van der Waals surface area contributed by atoms with Gasteiger partial charge in [-0.3, -0.25) is 0 Å². The van der Waals surface area contributed by atoms with Crippen molar-refractivity contribution in [1.82, 2.24) is 0 Å². The number of hydrogen-bond acceptors (Lipinski definition) is 2. The first-order valence-electron chi connectivity index (χ1n) is 10.2. The summed E-state index contributed by atoms with van der Waals surface area (Å²) in [4.78, 5) is 0. The van der Waals surface area contributed by atoms with E-state index >= 15 is 0 Å². The Morgan fingerprint density at radius 2 is 1.25 bits per heavy atom. The molecular weight excluding hydrogens is 344 g/mol. The molecule has 0 bridgehead atoms. The van der Waals surface area contributed by atoms with Crippen LogP contribution in [0.2, 0.25) is 0 Å². The second-order valence-electron chi connectivity index (χ2n) is 7.71. The standard InChI is InChI=1S/C26H28O2/c1-21-17-18-27-25(19-21)20-28-26(22-11-5-2-6-12-22,23-13-7-3-8-14-23)24-15-9-4-10-16-24/h2-16,21,25H,17-20H2,1H3. The predicted octanol–water partition coefficient (Wildman–Crippen LogP) is 5.81. The fourth-order valence-electron chi connectivity index (χ4n) is 4.17. The van der Waals surface area contributed by atoms with E-state index < -0.39 is 5.60 Å². The molecule has 1 aliphatic rings. The number of hydrogen-bond donors (Lipinski definition) is 0. The Balaban J connectivity index is 1.79. The second kappa shape index (κ2) is 8.72. The zero-order valence-corrected chi connectivity index (χ0v) is 16.5. The van der Waals surface area contributed by atoms with Crippen molar-refractivity contribution < 1.29 is 9.47 Å². The maximum Gasteiger partial charge on any atom is 0.143 e. The van der Waals surface area contributed by atoms with E-state index in [1.54, 1.807) is 0 Å². The highest BCUT2D eigenvalue weighted by atomic mass is 16.5. The van der Waals surface area contributed by atoms with E-state index in [4.69, 9.17) is 9.47 Å². The van der Waals surface area contributed by atoms with Gasteiger partial charge in [0, 0.05) is 6.61 Å². The first kappa shape index (κ1) is 18.9. The molecule has 1 aliphatic heterocycles. The lowest BCUT2D eigenvalue weighted by Crippen LogP contribution is -2.38. The minimum absolute atomic E-state index is 0.138. The van der Waals surface area contributed by atoms with Crippen LogP contribution in [-0.2, 0) is 15.1 Å². The van der Waals surface area contributed by atoms with Crippen LogP contribution in [0.4, 0.5) is 0 Å². The minimum atomic E-state index is -0.659. The zero-order valence-electron chi connectivity index (χ0n) is 16.5. The quantitative estimate of drug-likeness (QED) is 0.508. The van der Waals surface area contributed by atoms with E-state index in [9.17, 15) is 0 Å². The summed E-state index contributed by atoms with van der Waals surface area (Å²) in [6.45, 7) is 3.70. The van der Waals surface area contributed by atoms with Crippen molar-refractivity contribution in [2.45, 2.75) is 31.5 Å². The Morgan fingerprint density at radius 1 is 0.786 bits per heavy atom. The summed E-state index contributed by atoms with van der Waals surface area (Å²) < 4.78 is 12.9. The van der Waals surface area contributed by atoms with Crippen molar-refractivity contribution in [2.24, 2.45) is 5.92 Å². The molecule has 28 heavy (non-hydrogen) atoms. The fourth-order valence-corrected chi connectivity index (χ4v) is 4.17. The zero-order chi connectivity index (χ0) is 19.2. The van der Waals surface area contributed by atoms with Crippen LogP contribution in [0.25, 0.3) is 0 Å². The van der Waals surface area contributed by atoms with Crippen LogP contribution >= 0.6 is 0 Å². The molecule has 0 N–H and O–H groups in total. The van der Waals surface area contributed by atoms with Gasteiger partial charge in [-0.05, 0) is 35.4 Å². The molecule has 1 heterocycles. The van der Waals surface area contributed by atoms with Crippen LogP contribution in [0.3, 0.4) is 0 Å². The molecule has 3 aromatic rings. The molecule has 3 aromatic carbocycles. The van der Waals surface area contributed by atoms with Gasteiger partial charge in [-0.1, -0.05) is 97.9 Å². The predicted molar refractivity (Wildman–Crippen MR) is 113 cm³/mol. The van der Waals surface area contributed by atoms with E-state index in [0.717, 1.165) is 36.1 Å². The lowest BCUT2D eigenvalue weighted by atomic mass is 9.80. The van der Waals surface area contributed by atoms with Crippen LogP contribution < -0.4 is 0 Å². The van der Waals surface area contributed by atoms with E-state index in [2.05, 4.69) is 97.9 Å². The largest absolute Gasteiger partial charge is 0.376 e. The molecule has 2 nitrogen and oxygen atoms in total. The topological polar surface area (TPSA) is 18.5 Å². The Kier molecular flexibility index (Phi) is 5.90. The number of rotatable bonds is 6. The van der Waals surface area contributed by atoms with Crippen molar-refractivity contribution in [1.29, 1.82) is 0 Å². The van der Waals surface area contributed by atoms with Crippen LogP contribution in [0.5, 0.6) is 0 Å². The van der Waals surface area contributed by atoms with Gasteiger partial charge in [0.25, 0.3) is 0 Å². The average molecular weight is 373 g/mol. The van der Waals surface area contributed by atoms with Gasteiger partial charge in [0.15, 0.2) is 0 Å². The summed E-state index contributed by atoms with van der Waals surface area (Å²) in [5.74, 6) is 0.682. The Morgan fingerprint density at radius 3 is 1.68 bits per heavy atom. The third-order valence-corrected chi connectivity index (χ3v) is 5.66. The molecule has 2 heteroatoms. The second-order valence-corrected chi connectivity index (χ2v) is 7.71. The van der Waals surface area contributed by atoms with Crippen molar-refractivity contribution in [3.05, 3.63) is 108 Å². The average Bonchev–Trinajstić information content (AvgIpc) is 2.77. The Hall–Kier alpha value is -2.42. The SMILES string of the molecule is CC1CCOC(COC(c2ccccc2)(c2ccccc2)c2ccccc2)C1. The lowest BCUT2D eigenvalue weighted by Gasteiger charge is -2.38. The van der Waals surface area contributed by atoms with Crippen molar-refractivity contribution in [2.75, 3.05) is 13.2 Å². The molecular formula is C26H28O2.